The second-order valence-electron chi connectivity index (χ2n) is 8.27. The van der Waals surface area contributed by atoms with Crippen LogP contribution < -0.4 is 10.1 Å². The first-order chi connectivity index (χ1) is 15.2. The van der Waals surface area contributed by atoms with Crippen molar-refractivity contribution in [1.29, 1.82) is 0 Å². The molecule has 1 aromatic heterocycles. The molecule has 1 heterocycles. The number of pyridine rings is 1. The average molecular weight is 472 g/mol. The van der Waals surface area contributed by atoms with Gasteiger partial charge in [0.15, 0.2) is 0 Å². The summed E-state index contributed by atoms with van der Waals surface area (Å²) < 4.78 is 70.5. The average Bonchev–Trinajstić information content (AvgIpc) is 2.73. The number of methoxy groups -OCH3 is 1. The number of amides is 1. The summed E-state index contributed by atoms with van der Waals surface area (Å²) in [7, 11) is 1.56. The van der Waals surface area contributed by atoms with E-state index >= 15 is 0 Å². The number of anilines is 1. The van der Waals surface area contributed by atoms with E-state index in [-0.39, 0.29) is 24.8 Å². The molecule has 0 radical (unpaired) electrons. The van der Waals surface area contributed by atoms with E-state index in [4.69, 9.17) is 14.2 Å². The summed E-state index contributed by atoms with van der Waals surface area (Å²) in [6.07, 6.45) is -3.70. The molecule has 0 saturated heterocycles. The third-order valence-electron chi connectivity index (χ3n) is 5.57. The van der Waals surface area contributed by atoms with Crippen LogP contribution in [0.1, 0.15) is 56.1 Å². The number of ether oxygens (including phenoxy) is 3. The molecule has 0 aliphatic heterocycles. The van der Waals surface area contributed by atoms with Crippen molar-refractivity contribution in [1.82, 2.24) is 4.98 Å². The van der Waals surface area contributed by atoms with Gasteiger partial charge < -0.3 is 19.5 Å². The van der Waals surface area contributed by atoms with Gasteiger partial charge in [0.05, 0.1) is 35.5 Å². The summed E-state index contributed by atoms with van der Waals surface area (Å²) in [5.41, 5.74) is -2.42. The highest BCUT2D eigenvalue weighted by molar-refractivity contribution is 6.04. The number of alkyl halides is 3. The van der Waals surface area contributed by atoms with Crippen LogP contribution in [-0.2, 0) is 22.3 Å². The molecule has 0 bridgehead atoms. The minimum absolute atomic E-state index is 0.0247. The van der Waals surface area contributed by atoms with Crippen LogP contribution in [0, 0.1) is 5.82 Å². The lowest BCUT2D eigenvalue weighted by Crippen LogP contribution is -2.48. The molecule has 0 unspecified atom stereocenters. The standard InChI is InChI=1S/C23H28F4N2O4/c1-7-32-18-12-16(20(30)29-19-11-15(8-9-28-19)23(25,26)27)17(24)10-14(18)13-33-22(4,5)21(2,3)31-6/h8-12H,7,13H2,1-6H3,(H,28,29,30). The molecule has 2 rings (SSSR count). The molecule has 0 spiro atoms. The number of hydrogen-bond donors (Lipinski definition) is 1. The van der Waals surface area contributed by atoms with Gasteiger partial charge >= 0.3 is 6.18 Å². The molecule has 0 saturated carbocycles. The molecule has 0 atom stereocenters. The number of nitrogens with one attached hydrogen (secondary N) is 1. The lowest BCUT2D eigenvalue weighted by atomic mass is 9.89. The second kappa shape index (κ2) is 10.0. The van der Waals surface area contributed by atoms with Crippen LogP contribution >= 0.6 is 0 Å². The number of aromatic nitrogens is 1. The molecule has 10 heteroatoms. The van der Waals surface area contributed by atoms with E-state index in [1.54, 1.807) is 14.0 Å². The predicted octanol–water partition coefficient (Wildman–Crippen LogP) is 5.61. The monoisotopic (exact) mass is 472 g/mol. The van der Waals surface area contributed by atoms with Crippen LogP contribution in [0.4, 0.5) is 23.4 Å². The molecule has 0 aliphatic rings. The van der Waals surface area contributed by atoms with Crippen molar-refractivity contribution in [2.24, 2.45) is 0 Å². The Labute approximate surface area is 190 Å². The first-order valence-corrected chi connectivity index (χ1v) is 10.2. The van der Waals surface area contributed by atoms with Crippen molar-refractivity contribution < 1.29 is 36.6 Å². The highest BCUT2D eigenvalue weighted by atomic mass is 19.4. The number of nitrogens with zero attached hydrogens (tertiary/aromatic N) is 1. The van der Waals surface area contributed by atoms with Gasteiger partial charge in [-0.05, 0) is 58.9 Å². The third kappa shape index (κ3) is 6.42. The Balaban J connectivity index is 2.29. The molecule has 1 aromatic carbocycles. The molecule has 1 N–H and O–H groups in total. The number of hydrogen-bond acceptors (Lipinski definition) is 5. The molecule has 33 heavy (non-hydrogen) atoms. The summed E-state index contributed by atoms with van der Waals surface area (Å²) in [6, 6.07) is 3.73. The third-order valence-corrected chi connectivity index (χ3v) is 5.57. The first kappa shape index (κ1) is 26.5. The SMILES string of the molecule is CCOc1cc(C(=O)Nc2cc(C(F)(F)F)ccn2)c(F)cc1COC(C)(C)C(C)(C)OC. The Kier molecular flexibility index (Phi) is 8.08. The van der Waals surface area contributed by atoms with Gasteiger partial charge in [-0.3, -0.25) is 4.79 Å². The maximum atomic E-state index is 14.8. The topological polar surface area (TPSA) is 69.7 Å². The quantitative estimate of drug-likeness (QED) is 0.481. The summed E-state index contributed by atoms with van der Waals surface area (Å²) in [4.78, 5) is 16.3. The Hall–Kier alpha value is -2.72. The van der Waals surface area contributed by atoms with Crippen LogP contribution in [0.3, 0.4) is 0 Å². The van der Waals surface area contributed by atoms with Crippen molar-refractivity contribution in [3.05, 3.63) is 53.0 Å². The number of rotatable bonds is 9. The molecule has 0 aliphatic carbocycles. The lowest BCUT2D eigenvalue weighted by Gasteiger charge is -2.40. The maximum absolute atomic E-state index is 14.8. The second-order valence-corrected chi connectivity index (χ2v) is 8.27. The number of carbonyl (C=O) groups is 1. The molecule has 0 fully saturated rings. The fourth-order valence-corrected chi connectivity index (χ4v) is 2.71. The highest BCUT2D eigenvalue weighted by Gasteiger charge is 2.38. The van der Waals surface area contributed by atoms with E-state index in [1.165, 1.54) is 6.07 Å². The van der Waals surface area contributed by atoms with Crippen molar-refractivity contribution >= 4 is 11.7 Å². The normalized spacial score (nSPS) is 12.5. The molecular weight excluding hydrogens is 444 g/mol. The van der Waals surface area contributed by atoms with Gasteiger partial charge in [-0.2, -0.15) is 13.2 Å². The summed E-state index contributed by atoms with van der Waals surface area (Å²) in [5.74, 6) is -1.99. The fraction of sp³-hybridized carbons (Fsp3) is 0.478. The van der Waals surface area contributed by atoms with Gasteiger partial charge in [-0.15, -0.1) is 0 Å². The molecule has 1 amide bonds. The van der Waals surface area contributed by atoms with Crippen molar-refractivity contribution in [2.45, 2.75) is 58.6 Å². The Morgan fingerprint density at radius 1 is 1.09 bits per heavy atom. The summed E-state index contributed by atoms with van der Waals surface area (Å²) in [6.45, 7) is 9.30. The van der Waals surface area contributed by atoms with Crippen molar-refractivity contribution in [2.75, 3.05) is 19.0 Å². The number of carbonyl (C=O) groups excluding carboxylic acids is 1. The zero-order valence-electron chi connectivity index (χ0n) is 19.4. The van der Waals surface area contributed by atoms with Crippen LogP contribution in [0.15, 0.2) is 30.5 Å². The molecular formula is C23H28F4N2O4. The van der Waals surface area contributed by atoms with Crippen LogP contribution in [0.25, 0.3) is 0 Å². The minimum Gasteiger partial charge on any atom is -0.493 e. The van der Waals surface area contributed by atoms with Crippen LogP contribution in [-0.4, -0.2) is 35.8 Å². The van der Waals surface area contributed by atoms with E-state index in [1.807, 2.05) is 27.7 Å². The lowest BCUT2D eigenvalue weighted by molar-refractivity contribution is -0.169. The Bertz CT molecular complexity index is 991. The molecule has 6 nitrogen and oxygen atoms in total. The molecule has 2 aromatic rings. The maximum Gasteiger partial charge on any atom is 0.416 e. The minimum atomic E-state index is -4.61. The highest BCUT2D eigenvalue weighted by Crippen LogP contribution is 2.33. The van der Waals surface area contributed by atoms with E-state index in [9.17, 15) is 22.4 Å². The van der Waals surface area contributed by atoms with Gasteiger partial charge in [0.25, 0.3) is 5.91 Å². The van der Waals surface area contributed by atoms with Gasteiger partial charge in [-0.1, -0.05) is 0 Å². The zero-order valence-corrected chi connectivity index (χ0v) is 19.4. The first-order valence-electron chi connectivity index (χ1n) is 10.2. The Morgan fingerprint density at radius 2 is 1.76 bits per heavy atom. The number of benzene rings is 1. The van der Waals surface area contributed by atoms with Crippen molar-refractivity contribution in [3.8, 4) is 5.75 Å². The van der Waals surface area contributed by atoms with Gasteiger partial charge in [-0.25, -0.2) is 9.37 Å². The van der Waals surface area contributed by atoms with Crippen molar-refractivity contribution in [3.63, 3.8) is 0 Å². The molecule has 182 valence electrons. The predicted molar refractivity (Wildman–Crippen MR) is 115 cm³/mol. The van der Waals surface area contributed by atoms with E-state index in [0.29, 0.717) is 11.6 Å². The number of halogens is 4. The summed E-state index contributed by atoms with van der Waals surface area (Å²) in [5, 5.41) is 2.19. The summed E-state index contributed by atoms with van der Waals surface area (Å²) >= 11 is 0. The van der Waals surface area contributed by atoms with Gasteiger partial charge in [0.2, 0.25) is 0 Å². The van der Waals surface area contributed by atoms with Crippen LogP contribution in [0.5, 0.6) is 5.75 Å². The largest absolute Gasteiger partial charge is 0.493 e. The van der Waals surface area contributed by atoms with E-state index < -0.39 is 40.2 Å². The van der Waals surface area contributed by atoms with Gasteiger partial charge in [0, 0.05) is 18.9 Å². The fourth-order valence-electron chi connectivity index (χ4n) is 2.71. The van der Waals surface area contributed by atoms with Gasteiger partial charge in [0.1, 0.15) is 17.4 Å². The van der Waals surface area contributed by atoms with E-state index in [0.717, 1.165) is 18.3 Å². The zero-order chi connectivity index (χ0) is 25.0. The van der Waals surface area contributed by atoms with E-state index in [2.05, 4.69) is 10.3 Å². The smallest absolute Gasteiger partial charge is 0.416 e. The van der Waals surface area contributed by atoms with Crippen LogP contribution in [0.2, 0.25) is 0 Å². The Morgan fingerprint density at radius 3 is 2.33 bits per heavy atom.